The summed E-state index contributed by atoms with van der Waals surface area (Å²) in [6.45, 7) is 1.56. The molecule has 0 heterocycles. The Balaban J connectivity index is 0. The molecular weight excluding hydrogens is 162 g/mol. The fraction of sp³-hybridized carbons (Fsp3) is 1.00. The Kier molecular flexibility index (Phi) is 12.9. The number of hydrogen-bond donors (Lipinski definition) is 5. The number of nitrogens with two attached hydrogens (primary N) is 1. The topological polar surface area (TPSA) is 107 Å². The van der Waals surface area contributed by atoms with Gasteiger partial charge in [0.05, 0.1) is 19.3 Å². The average Bonchev–Trinajstić information content (AvgIpc) is 2.16. The van der Waals surface area contributed by atoms with Gasteiger partial charge in [-0.05, 0) is 6.42 Å². The van der Waals surface area contributed by atoms with Gasteiger partial charge in [0.25, 0.3) is 0 Å². The van der Waals surface area contributed by atoms with E-state index in [1.807, 2.05) is 6.92 Å². The molecule has 0 rings (SSSR count). The summed E-state index contributed by atoms with van der Waals surface area (Å²) < 4.78 is 0. The Morgan fingerprint density at radius 1 is 1.08 bits per heavy atom. The van der Waals surface area contributed by atoms with Gasteiger partial charge in [-0.3, -0.25) is 0 Å². The third-order valence-electron chi connectivity index (χ3n) is 1.16. The summed E-state index contributed by atoms with van der Waals surface area (Å²) in [4.78, 5) is 0. The van der Waals surface area contributed by atoms with Gasteiger partial charge < -0.3 is 26.2 Å². The molecule has 0 bridgehead atoms. The zero-order chi connectivity index (χ0) is 9.98. The number of aliphatic hydroxyl groups excluding tert-OH is 4. The van der Waals surface area contributed by atoms with Crippen molar-refractivity contribution in [1.29, 1.82) is 0 Å². The van der Waals surface area contributed by atoms with Crippen molar-refractivity contribution >= 4 is 0 Å². The monoisotopic (exact) mass is 181 g/mol. The maximum Gasteiger partial charge on any atom is 0.100 e. The third kappa shape index (κ3) is 12.5. The SMILES string of the molecule is CCC(O)CN.OCC(O)CO. The van der Waals surface area contributed by atoms with Gasteiger partial charge >= 0.3 is 0 Å². The first kappa shape index (κ1) is 14.3. The maximum atomic E-state index is 8.54. The van der Waals surface area contributed by atoms with Gasteiger partial charge in [-0.1, -0.05) is 6.92 Å². The first-order valence-electron chi connectivity index (χ1n) is 3.90. The lowest BCUT2D eigenvalue weighted by Crippen LogP contribution is -2.17. The second-order valence-electron chi connectivity index (χ2n) is 2.32. The fourth-order valence-corrected chi connectivity index (χ4v) is 0.224. The van der Waals surface area contributed by atoms with Crippen LogP contribution < -0.4 is 5.73 Å². The predicted molar refractivity (Wildman–Crippen MR) is 45.5 cm³/mol. The van der Waals surface area contributed by atoms with E-state index in [0.29, 0.717) is 6.54 Å². The molecule has 0 aromatic carbocycles. The molecule has 0 aliphatic heterocycles. The van der Waals surface area contributed by atoms with E-state index in [1.54, 1.807) is 0 Å². The van der Waals surface area contributed by atoms with Crippen molar-refractivity contribution in [3.63, 3.8) is 0 Å². The first-order valence-corrected chi connectivity index (χ1v) is 3.90. The summed E-state index contributed by atoms with van der Waals surface area (Å²) >= 11 is 0. The second kappa shape index (κ2) is 10.8. The van der Waals surface area contributed by atoms with Crippen molar-refractivity contribution in [2.75, 3.05) is 19.8 Å². The largest absolute Gasteiger partial charge is 0.394 e. The number of rotatable bonds is 4. The standard InChI is InChI=1S/C4H11NO.C3H8O3/c1-2-4(6)3-5;4-1-3(6)2-5/h4,6H,2-3,5H2,1H3;3-6H,1-2H2. The molecule has 0 aliphatic rings. The van der Waals surface area contributed by atoms with Gasteiger partial charge in [-0.25, -0.2) is 0 Å². The summed E-state index contributed by atoms with van der Waals surface area (Å²) in [5.74, 6) is 0. The van der Waals surface area contributed by atoms with Gasteiger partial charge in [0.15, 0.2) is 0 Å². The van der Waals surface area contributed by atoms with E-state index in [2.05, 4.69) is 0 Å². The minimum absolute atomic E-state index is 0.287. The van der Waals surface area contributed by atoms with Crippen LogP contribution in [0.1, 0.15) is 13.3 Å². The number of aliphatic hydroxyl groups is 4. The van der Waals surface area contributed by atoms with Gasteiger partial charge in [-0.15, -0.1) is 0 Å². The van der Waals surface area contributed by atoms with Crippen molar-refractivity contribution in [2.45, 2.75) is 25.6 Å². The molecule has 12 heavy (non-hydrogen) atoms. The molecule has 5 heteroatoms. The Bertz CT molecular complexity index is 63.8. The summed E-state index contributed by atoms with van der Waals surface area (Å²) in [6, 6.07) is 0. The maximum absolute atomic E-state index is 8.54. The van der Waals surface area contributed by atoms with Crippen LogP contribution in [0.2, 0.25) is 0 Å². The summed E-state index contributed by atoms with van der Waals surface area (Å²) in [6.07, 6.45) is -0.480. The average molecular weight is 181 g/mol. The van der Waals surface area contributed by atoms with Gasteiger partial charge in [0, 0.05) is 6.54 Å². The number of hydrogen-bond acceptors (Lipinski definition) is 5. The van der Waals surface area contributed by atoms with Crippen LogP contribution in [0.5, 0.6) is 0 Å². The minimum Gasteiger partial charge on any atom is -0.394 e. The minimum atomic E-state index is -0.954. The molecule has 0 aromatic heterocycles. The zero-order valence-corrected chi connectivity index (χ0v) is 7.35. The summed E-state index contributed by atoms with van der Waals surface area (Å²) in [5, 5.41) is 32.6. The predicted octanol–water partition coefficient (Wildman–Crippen LogP) is -1.95. The Labute approximate surface area is 72.5 Å². The van der Waals surface area contributed by atoms with E-state index in [9.17, 15) is 0 Å². The molecule has 0 aliphatic carbocycles. The lowest BCUT2D eigenvalue weighted by atomic mass is 10.3. The second-order valence-corrected chi connectivity index (χ2v) is 2.32. The first-order chi connectivity index (χ1) is 5.62. The van der Waals surface area contributed by atoms with Crippen LogP contribution in [0, 0.1) is 0 Å². The molecule has 1 atom stereocenters. The molecule has 76 valence electrons. The normalized spacial score (nSPS) is 12.2. The quantitative estimate of drug-likeness (QED) is 0.346. The third-order valence-corrected chi connectivity index (χ3v) is 1.16. The molecule has 1 unspecified atom stereocenters. The lowest BCUT2D eigenvalue weighted by molar-refractivity contribution is 0.0450. The van der Waals surface area contributed by atoms with E-state index in [4.69, 9.17) is 26.2 Å². The van der Waals surface area contributed by atoms with Crippen molar-refractivity contribution in [1.82, 2.24) is 0 Å². The van der Waals surface area contributed by atoms with Gasteiger partial charge in [0.1, 0.15) is 6.10 Å². The molecule has 0 saturated heterocycles. The van der Waals surface area contributed by atoms with E-state index in [1.165, 1.54) is 0 Å². The Hall–Kier alpha value is -0.200. The summed E-state index contributed by atoms with van der Waals surface area (Å²) in [7, 11) is 0. The fourth-order valence-electron chi connectivity index (χ4n) is 0.224. The molecule has 0 radical (unpaired) electrons. The molecule has 0 spiro atoms. The molecule has 0 saturated carbocycles. The van der Waals surface area contributed by atoms with Crippen LogP contribution in [0.3, 0.4) is 0 Å². The highest BCUT2D eigenvalue weighted by Crippen LogP contribution is 1.81. The van der Waals surface area contributed by atoms with Crippen molar-refractivity contribution in [3.8, 4) is 0 Å². The van der Waals surface area contributed by atoms with Crippen molar-refractivity contribution in [3.05, 3.63) is 0 Å². The highest BCUT2D eigenvalue weighted by atomic mass is 16.3. The lowest BCUT2D eigenvalue weighted by Gasteiger charge is -1.98. The van der Waals surface area contributed by atoms with Crippen LogP contribution in [0.4, 0.5) is 0 Å². The van der Waals surface area contributed by atoms with Crippen molar-refractivity contribution in [2.24, 2.45) is 5.73 Å². The van der Waals surface area contributed by atoms with E-state index >= 15 is 0 Å². The zero-order valence-electron chi connectivity index (χ0n) is 7.35. The molecule has 0 fully saturated rings. The molecule has 0 aromatic rings. The van der Waals surface area contributed by atoms with Crippen molar-refractivity contribution < 1.29 is 20.4 Å². The van der Waals surface area contributed by atoms with E-state index in [0.717, 1.165) is 6.42 Å². The van der Waals surface area contributed by atoms with Crippen LogP contribution in [0.15, 0.2) is 0 Å². The Morgan fingerprint density at radius 2 is 1.50 bits per heavy atom. The van der Waals surface area contributed by atoms with Gasteiger partial charge in [0.2, 0.25) is 0 Å². The molecule has 5 nitrogen and oxygen atoms in total. The molecule has 0 amide bonds. The van der Waals surface area contributed by atoms with Crippen LogP contribution in [-0.2, 0) is 0 Å². The van der Waals surface area contributed by atoms with Gasteiger partial charge in [-0.2, -0.15) is 0 Å². The highest BCUT2D eigenvalue weighted by Gasteiger charge is 1.93. The molecule has 6 N–H and O–H groups in total. The van der Waals surface area contributed by atoms with E-state index in [-0.39, 0.29) is 19.3 Å². The smallest absolute Gasteiger partial charge is 0.100 e. The van der Waals surface area contributed by atoms with Crippen LogP contribution in [-0.4, -0.2) is 52.4 Å². The van der Waals surface area contributed by atoms with E-state index < -0.39 is 6.10 Å². The van der Waals surface area contributed by atoms with Crippen LogP contribution in [0.25, 0.3) is 0 Å². The molecular formula is C7H19NO4. The summed E-state index contributed by atoms with van der Waals surface area (Å²) in [5.41, 5.74) is 5.03. The highest BCUT2D eigenvalue weighted by molar-refractivity contribution is 4.48. The Morgan fingerprint density at radius 3 is 1.50 bits per heavy atom. The van der Waals surface area contributed by atoms with Crippen LogP contribution >= 0.6 is 0 Å².